The number of hydrogen-bond acceptors (Lipinski definition) is 8. The smallest absolute Gasteiger partial charge is 0.408 e. The van der Waals surface area contributed by atoms with Crippen LogP contribution >= 0.6 is 11.6 Å². The lowest BCUT2D eigenvalue weighted by Gasteiger charge is -2.09. The van der Waals surface area contributed by atoms with Crippen molar-refractivity contribution in [3.05, 3.63) is 91.6 Å². The lowest BCUT2D eigenvalue weighted by molar-refractivity contribution is -0.389. The van der Waals surface area contributed by atoms with Gasteiger partial charge in [0.15, 0.2) is 5.02 Å². The number of non-ortho nitro benzene ring substituents is 1. The van der Waals surface area contributed by atoms with Gasteiger partial charge in [-0.15, -0.1) is 0 Å². The molecule has 2 aromatic heterocycles. The molecule has 5 aromatic rings. The van der Waals surface area contributed by atoms with Crippen LogP contribution in [-0.2, 0) is 11.3 Å². The van der Waals surface area contributed by atoms with E-state index in [0.29, 0.717) is 16.9 Å². The van der Waals surface area contributed by atoms with Crippen molar-refractivity contribution in [3.8, 4) is 11.5 Å². The Balaban J connectivity index is 1.41. The molecule has 0 atom stereocenters. The number of fused-ring (bicyclic) bond motifs is 3. The van der Waals surface area contributed by atoms with E-state index < -0.39 is 28.1 Å². The van der Waals surface area contributed by atoms with E-state index in [4.69, 9.17) is 20.8 Å². The summed E-state index contributed by atoms with van der Waals surface area (Å²) in [6.07, 6.45) is 0. The second-order valence-corrected chi connectivity index (χ2v) is 8.39. The monoisotopic (exact) mass is 521 g/mol. The molecule has 3 aromatic carbocycles. The zero-order valence-corrected chi connectivity index (χ0v) is 19.8. The fourth-order valence-electron chi connectivity index (χ4n) is 3.84. The van der Waals surface area contributed by atoms with Crippen LogP contribution < -0.4 is 10.1 Å². The van der Waals surface area contributed by atoms with Gasteiger partial charge in [-0.05, 0) is 36.1 Å². The Bertz CT molecular complexity index is 1730. The Morgan fingerprint density at radius 1 is 1.03 bits per heavy atom. The predicted octanol–water partition coefficient (Wildman–Crippen LogP) is 5.99. The largest absolute Gasteiger partial charge is 0.457 e. The highest BCUT2D eigenvalue weighted by atomic mass is 35.5. The van der Waals surface area contributed by atoms with Gasteiger partial charge in [0.1, 0.15) is 29.2 Å². The van der Waals surface area contributed by atoms with E-state index in [1.807, 2.05) is 24.3 Å². The third-order valence-corrected chi connectivity index (χ3v) is 6.00. The van der Waals surface area contributed by atoms with Crippen LogP contribution in [0.1, 0.15) is 5.69 Å². The molecular formula is C24H16ClN5O7. The molecule has 0 bridgehead atoms. The van der Waals surface area contributed by atoms with E-state index in [1.54, 1.807) is 18.2 Å². The topological polar surface area (TPSA) is 156 Å². The molecule has 0 saturated heterocycles. The van der Waals surface area contributed by atoms with Gasteiger partial charge in [-0.3, -0.25) is 14.9 Å². The van der Waals surface area contributed by atoms with Crippen LogP contribution in [0.15, 0.2) is 65.1 Å². The highest BCUT2D eigenvalue weighted by molar-refractivity contribution is 6.33. The normalized spacial score (nSPS) is 11.1. The van der Waals surface area contributed by atoms with Crippen LogP contribution in [0.4, 0.5) is 17.2 Å². The Morgan fingerprint density at radius 3 is 2.51 bits per heavy atom. The summed E-state index contributed by atoms with van der Waals surface area (Å²) < 4.78 is 12.8. The average Bonchev–Trinajstić information content (AvgIpc) is 3.36. The third-order valence-electron chi connectivity index (χ3n) is 5.55. The summed E-state index contributed by atoms with van der Waals surface area (Å²) in [6, 6.07) is 16.5. The molecule has 12 nitrogen and oxygen atoms in total. The zero-order chi connectivity index (χ0) is 26.3. The quantitative estimate of drug-likeness (QED) is 0.202. The molecule has 1 N–H and O–H groups in total. The van der Waals surface area contributed by atoms with E-state index in [9.17, 15) is 25.0 Å². The fraction of sp³-hybridized carbons (Fsp3) is 0.0833. The maximum atomic E-state index is 12.6. The Morgan fingerprint density at radius 2 is 1.78 bits per heavy atom. The number of carbonyl (C=O) groups excluding carboxylic acids is 1. The number of rotatable bonds is 7. The molecule has 0 fully saturated rings. The number of halogens is 1. The Labute approximate surface area is 212 Å². The summed E-state index contributed by atoms with van der Waals surface area (Å²) >= 11 is 5.91. The number of carbonyl (C=O) groups is 1. The minimum Gasteiger partial charge on any atom is -0.457 e. The van der Waals surface area contributed by atoms with Crippen molar-refractivity contribution >= 4 is 56.6 Å². The number of amides is 1. The molecule has 0 unspecified atom stereocenters. The molecule has 1 amide bonds. The van der Waals surface area contributed by atoms with Gasteiger partial charge in [-0.2, -0.15) is 4.68 Å². The zero-order valence-electron chi connectivity index (χ0n) is 19.0. The number of anilines is 1. The molecule has 13 heteroatoms. The van der Waals surface area contributed by atoms with Crippen LogP contribution in [0.5, 0.6) is 11.5 Å². The summed E-state index contributed by atoms with van der Waals surface area (Å²) in [7, 11) is 0. The Kier molecular flexibility index (Phi) is 5.93. The van der Waals surface area contributed by atoms with Gasteiger partial charge < -0.3 is 24.6 Å². The second-order valence-electron chi connectivity index (χ2n) is 8.02. The van der Waals surface area contributed by atoms with Crippen molar-refractivity contribution in [1.29, 1.82) is 0 Å². The number of aromatic nitrogens is 2. The molecule has 5 rings (SSSR count). The van der Waals surface area contributed by atoms with E-state index in [0.717, 1.165) is 15.5 Å². The van der Waals surface area contributed by atoms with Crippen molar-refractivity contribution in [2.24, 2.45) is 0 Å². The molecule has 2 heterocycles. The first-order valence-corrected chi connectivity index (χ1v) is 11.1. The summed E-state index contributed by atoms with van der Waals surface area (Å²) in [4.78, 5) is 33.8. The molecule has 0 spiro atoms. The van der Waals surface area contributed by atoms with Crippen molar-refractivity contribution in [3.63, 3.8) is 0 Å². The summed E-state index contributed by atoms with van der Waals surface area (Å²) in [6.45, 7) is 1.08. The maximum absolute atomic E-state index is 12.6. The first-order valence-electron chi connectivity index (χ1n) is 10.8. The first-order chi connectivity index (χ1) is 17.7. The summed E-state index contributed by atoms with van der Waals surface area (Å²) in [5.74, 6) is -0.674. The van der Waals surface area contributed by atoms with Crippen LogP contribution in [0.25, 0.3) is 21.9 Å². The first kappa shape index (κ1) is 23.8. The molecule has 0 aliphatic carbocycles. The molecule has 37 heavy (non-hydrogen) atoms. The van der Waals surface area contributed by atoms with Crippen molar-refractivity contribution in [1.82, 2.24) is 9.78 Å². The molecular weight excluding hydrogens is 506 g/mol. The lowest BCUT2D eigenvalue weighted by Crippen LogP contribution is -2.20. The number of ether oxygens (including phenoxy) is 1. The second kappa shape index (κ2) is 9.24. The number of furan rings is 1. The van der Waals surface area contributed by atoms with Crippen LogP contribution in [0.2, 0.25) is 5.02 Å². The third kappa shape index (κ3) is 4.65. The number of benzene rings is 3. The number of nitrogens with zero attached hydrogens (tertiary/aromatic N) is 4. The SMILES string of the molecule is Cc1c(Cl)c([N+](=O)[O-])nn1CC(=O)Nc1cc(Oc2ccc3oc4ccccc4c3c2)cc([N+](=O)[O-])c1. The lowest BCUT2D eigenvalue weighted by atomic mass is 10.1. The van der Waals surface area contributed by atoms with E-state index in [1.165, 1.54) is 25.1 Å². The van der Waals surface area contributed by atoms with E-state index >= 15 is 0 Å². The molecule has 0 radical (unpaired) electrons. The average molecular weight is 522 g/mol. The van der Waals surface area contributed by atoms with Gasteiger partial charge in [0.25, 0.3) is 5.69 Å². The molecule has 0 aliphatic rings. The standard InChI is InChI=1S/C24H16ClN5O7/c1-13-23(25)24(30(34)35)27-28(13)12-22(31)26-14-8-15(29(32)33)10-17(9-14)36-16-6-7-21-19(11-16)18-4-2-3-5-20(18)37-21/h2-11H,12H2,1H3,(H,26,31). The summed E-state index contributed by atoms with van der Waals surface area (Å²) in [5.41, 5.74) is 1.39. The van der Waals surface area contributed by atoms with Crippen LogP contribution in [0, 0.1) is 27.2 Å². The van der Waals surface area contributed by atoms with Gasteiger partial charge in [0.05, 0.1) is 27.5 Å². The Hall–Kier alpha value is -4.97. The fourth-order valence-corrected chi connectivity index (χ4v) is 4.04. The van der Waals surface area contributed by atoms with E-state index in [2.05, 4.69) is 10.4 Å². The number of nitro groups is 2. The van der Waals surface area contributed by atoms with Gasteiger partial charge in [-0.1, -0.05) is 29.8 Å². The highest BCUT2D eigenvalue weighted by Gasteiger charge is 2.25. The predicted molar refractivity (Wildman–Crippen MR) is 134 cm³/mol. The van der Waals surface area contributed by atoms with Crippen LogP contribution in [-0.4, -0.2) is 25.5 Å². The number of nitrogens with one attached hydrogen (secondary N) is 1. The number of hydrogen-bond donors (Lipinski definition) is 1. The number of nitro benzene ring substituents is 1. The van der Waals surface area contributed by atoms with Gasteiger partial charge in [-0.25, -0.2) is 0 Å². The van der Waals surface area contributed by atoms with E-state index in [-0.39, 0.29) is 27.8 Å². The molecule has 0 saturated carbocycles. The van der Waals surface area contributed by atoms with Gasteiger partial charge in [0.2, 0.25) is 5.91 Å². The number of para-hydroxylation sites is 1. The van der Waals surface area contributed by atoms with Gasteiger partial charge in [0, 0.05) is 22.9 Å². The molecule has 0 aliphatic heterocycles. The summed E-state index contributed by atoms with van der Waals surface area (Å²) in [5, 5.41) is 30.3. The van der Waals surface area contributed by atoms with Crippen molar-refractivity contribution in [2.75, 3.05) is 5.32 Å². The van der Waals surface area contributed by atoms with Crippen molar-refractivity contribution < 1.29 is 23.8 Å². The minimum atomic E-state index is -0.752. The maximum Gasteiger partial charge on any atom is 0.408 e. The van der Waals surface area contributed by atoms with Crippen molar-refractivity contribution in [2.45, 2.75) is 13.5 Å². The minimum absolute atomic E-state index is 0.0921. The van der Waals surface area contributed by atoms with Gasteiger partial charge >= 0.3 is 5.82 Å². The molecule has 186 valence electrons. The van der Waals surface area contributed by atoms with Crippen LogP contribution in [0.3, 0.4) is 0 Å². The highest BCUT2D eigenvalue weighted by Crippen LogP contribution is 2.35.